The fraction of sp³-hybridized carbons (Fsp3) is 0.292. The lowest BCUT2D eigenvalue weighted by atomic mass is 10.0. The zero-order valence-electron chi connectivity index (χ0n) is 17.0. The number of carbonyl (C=O) groups excluding carboxylic acids is 1. The monoisotopic (exact) mass is 403 g/mol. The number of rotatable bonds is 5. The van der Waals surface area contributed by atoms with Crippen LogP contribution in [0.25, 0.3) is 17.0 Å². The molecule has 2 aliphatic heterocycles. The molecule has 0 atom stereocenters. The van der Waals surface area contributed by atoms with Crippen LogP contribution in [0.5, 0.6) is 11.5 Å². The van der Waals surface area contributed by atoms with E-state index in [2.05, 4.69) is 15.2 Å². The van der Waals surface area contributed by atoms with Crippen molar-refractivity contribution in [3.05, 3.63) is 65.0 Å². The maximum absolute atomic E-state index is 13.1. The van der Waals surface area contributed by atoms with E-state index in [4.69, 9.17) is 9.47 Å². The molecule has 0 unspecified atom stereocenters. The van der Waals surface area contributed by atoms with Crippen LogP contribution in [-0.4, -0.2) is 48.5 Å². The summed E-state index contributed by atoms with van der Waals surface area (Å²) in [6.45, 7) is 7.08. The van der Waals surface area contributed by atoms with Gasteiger partial charge in [-0.15, -0.1) is 0 Å². The summed E-state index contributed by atoms with van der Waals surface area (Å²) >= 11 is 0. The minimum atomic E-state index is -0.0834. The van der Waals surface area contributed by atoms with E-state index >= 15 is 0 Å². The predicted octanol–water partition coefficient (Wildman–Crippen LogP) is 3.59. The molecule has 0 spiro atoms. The number of para-hydroxylation sites is 1. The van der Waals surface area contributed by atoms with Gasteiger partial charge in [-0.2, -0.15) is 0 Å². The lowest BCUT2D eigenvalue weighted by molar-refractivity contribution is 0.101. The summed E-state index contributed by atoms with van der Waals surface area (Å²) in [4.78, 5) is 18.7. The first kappa shape index (κ1) is 18.9. The maximum atomic E-state index is 13.1. The molecule has 2 aromatic carbocycles. The molecular formula is C24H25N3O3. The van der Waals surface area contributed by atoms with Crippen molar-refractivity contribution in [1.82, 2.24) is 15.2 Å². The van der Waals surface area contributed by atoms with E-state index in [1.165, 1.54) is 0 Å². The summed E-state index contributed by atoms with van der Waals surface area (Å²) in [6.07, 6.45) is 3.74. The quantitative estimate of drug-likeness (QED) is 0.638. The minimum absolute atomic E-state index is 0.0834. The molecule has 6 nitrogen and oxygen atoms in total. The van der Waals surface area contributed by atoms with Gasteiger partial charge < -0.3 is 19.8 Å². The molecule has 6 heteroatoms. The molecule has 0 bridgehead atoms. The number of aromatic nitrogens is 1. The standard InChI is InChI=1S/C24H25N3O3/c1-2-29-21-8-7-18-23(28)22(13-16-14-26-20-6-4-3-5-17(16)20)30-24(18)19(21)15-27-11-9-25-10-12-27/h3-8,13-14,25-26H,2,9-12,15H2,1H3. The fourth-order valence-electron chi connectivity index (χ4n) is 4.18. The zero-order valence-corrected chi connectivity index (χ0v) is 17.0. The van der Waals surface area contributed by atoms with Crippen LogP contribution in [0, 0.1) is 0 Å². The molecule has 0 amide bonds. The molecule has 0 saturated carbocycles. The molecule has 1 fully saturated rings. The van der Waals surface area contributed by atoms with Crippen molar-refractivity contribution in [2.24, 2.45) is 0 Å². The number of ether oxygens (including phenoxy) is 2. The summed E-state index contributed by atoms with van der Waals surface area (Å²) in [7, 11) is 0. The smallest absolute Gasteiger partial charge is 0.231 e. The number of hydrogen-bond acceptors (Lipinski definition) is 5. The Balaban J connectivity index is 1.52. The Morgan fingerprint density at radius 2 is 2.00 bits per heavy atom. The minimum Gasteiger partial charge on any atom is -0.493 e. The van der Waals surface area contributed by atoms with Gasteiger partial charge in [0.2, 0.25) is 5.78 Å². The normalized spacial score (nSPS) is 18.0. The number of ketones is 1. The molecule has 3 heterocycles. The SMILES string of the molecule is CCOc1ccc2c(c1CN1CCNCC1)OC(=Cc1c[nH]c3ccccc13)C2=O. The van der Waals surface area contributed by atoms with Gasteiger partial charge in [0.1, 0.15) is 11.5 Å². The van der Waals surface area contributed by atoms with Gasteiger partial charge in [-0.25, -0.2) is 0 Å². The van der Waals surface area contributed by atoms with Crippen LogP contribution >= 0.6 is 0 Å². The highest BCUT2D eigenvalue weighted by Gasteiger charge is 2.32. The van der Waals surface area contributed by atoms with E-state index in [0.29, 0.717) is 30.2 Å². The van der Waals surface area contributed by atoms with Gasteiger partial charge in [-0.3, -0.25) is 9.69 Å². The second-order valence-electron chi connectivity index (χ2n) is 7.61. The highest BCUT2D eigenvalue weighted by molar-refractivity contribution is 6.15. The molecule has 5 rings (SSSR count). The van der Waals surface area contributed by atoms with Crippen molar-refractivity contribution in [2.75, 3.05) is 32.8 Å². The van der Waals surface area contributed by atoms with Crippen molar-refractivity contribution in [2.45, 2.75) is 13.5 Å². The number of nitrogens with one attached hydrogen (secondary N) is 2. The summed E-state index contributed by atoms with van der Waals surface area (Å²) in [5.41, 5.74) is 3.53. The third kappa shape index (κ3) is 3.38. The third-order valence-electron chi connectivity index (χ3n) is 5.70. The van der Waals surface area contributed by atoms with Gasteiger partial charge in [0.25, 0.3) is 0 Å². The lowest BCUT2D eigenvalue weighted by Gasteiger charge is -2.28. The molecule has 0 radical (unpaired) electrons. The average Bonchev–Trinajstić information content (AvgIpc) is 3.32. The van der Waals surface area contributed by atoms with Gasteiger partial charge >= 0.3 is 0 Å². The first-order chi connectivity index (χ1) is 14.7. The highest BCUT2D eigenvalue weighted by Crippen LogP contribution is 2.41. The number of piperazine rings is 1. The van der Waals surface area contributed by atoms with Gasteiger partial charge in [-0.1, -0.05) is 18.2 Å². The van der Waals surface area contributed by atoms with Crippen LogP contribution in [0.1, 0.15) is 28.4 Å². The van der Waals surface area contributed by atoms with Crippen molar-refractivity contribution in [3.8, 4) is 11.5 Å². The predicted molar refractivity (Wildman–Crippen MR) is 117 cm³/mol. The molecular weight excluding hydrogens is 378 g/mol. The number of hydrogen-bond donors (Lipinski definition) is 2. The van der Waals surface area contributed by atoms with Crippen LogP contribution in [-0.2, 0) is 6.54 Å². The molecule has 3 aromatic rings. The number of benzene rings is 2. The second-order valence-corrected chi connectivity index (χ2v) is 7.61. The topological polar surface area (TPSA) is 66.6 Å². The Hall–Kier alpha value is -3.09. The van der Waals surface area contributed by atoms with Crippen LogP contribution in [0.2, 0.25) is 0 Å². The average molecular weight is 403 g/mol. The van der Waals surface area contributed by atoms with Crippen molar-refractivity contribution in [1.29, 1.82) is 0 Å². The second kappa shape index (κ2) is 7.97. The van der Waals surface area contributed by atoms with Crippen LogP contribution in [0.4, 0.5) is 0 Å². The Morgan fingerprint density at radius 1 is 1.17 bits per heavy atom. The molecule has 154 valence electrons. The number of nitrogens with zero attached hydrogens (tertiary/aromatic N) is 1. The lowest BCUT2D eigenvalue weighted by Crippen LogP contribution is -2.43. The van der Waals surface area contributed by atoms with Crippen LogP contribution in [0.3, 0.4) is 0 Å². The van der Waals surface area contributed by atoms with E-state index in [-0.39, 0.29) is 5.78 Å². The number of allylic oxidation sites excluding steroid dienone is 1. The third-order valence-corrected chi connectivity index (χ3v) is 5.70. The van der Waals surface area contributed by atoms with E-state index in [9.17, 15) is 4.79 Å². The number of carbonyl (C=O) groups is 1. The Bertz CT molecular complexity index is 1130. The first-order valence-corrected chi connectivity index (χ1v) is 10.5. The molecule has 0 aliphatic carbocycles. The number of aromatic amines is 1. The molecule has 2 aliphatic rings. The highest BCUT2D eigenvalue weighted by atomic mass is 16.5. The van der Waals surface area contributed by atoms with Gasteiger partial charge in [0.15, 0.2) is 5.76 Å². The summed E-state index contributed by atoms with van der Waals surface area (Å²) in [6, 6.07) is 11.7. The van der Waals surface area contributed by atoms with E-state index in [1.807, 2.05) is 55.6 Å². The number of Topliss-reactive ketones (excluding diaryl/α,β-unsaturated/α-hetero) is 1. The van der Waals surface area contributed by atoms with Crippen LogP contribution < -0.4 is 14.8 Å². The zero-order chi connectivity index (χ0) is 20.5. The molecule has 1 aromatic heterocycles. The van der Waals surface area contributed by atoms with E-state index in [0.717, 1.165) is 54.0 Å². The Kier molecular flexibility index (Phi) is 5.02. The molecule has 30 heavy (non-hydrogen) atoms. The number of H-pyrrole nitrogens is 1. The summed E-state index contributed by atoms with van der Waals surface area (Å²) in [5.74, 6) is 1.69. The Morgan fingerprint density at radius 3 is 2.83 bits per heavy atom. The van der Waals surface area contributed by atoms with E-state index < -0.39 is 0 Å². The molecule has 1 saturated heterocycles. The Labute approximate surface area is 175 Å². The summed E-state index contributed by atoms with van der Waals surface area (Å²) < 4.78 is 12.1. The van der Waals surface area contributed by atoms with Crippen molar-refractivity contribution in [3.63, 3.8) is 0 Å². The van der Waals surface area contributed by atoms with Gasteiger partial charge in [0, 0.05) is 55.4 Å². The van der Waals surface area contributed by atoms with Crippen LogP contribution in [0.15, 0.2) is 48.4 Å². The van der Waals surface area contributed by atoms with E-state index in [1.54, 1.807) is 0 Å². The summed E-state index contributed by atoms with van der Waals surface area (Å²) in [5, 5.41) is 4.44. The maximum Gasteiger partial charge on any atom is 0.231 e. The number of fused-ring (bicyclic) bond motifs is 2. The van der Waals surface area contributed by atoms with Gasteiger partial charge in [0.05, 0.1) is 17.7 Å². The van der Waals surface area contributed by atoms with Gasteiger partial charge in [-0.05, 0) is 31.2 Å². The fourth-order valence-corrected chi connectivity index (χ4v) is 4.18. The first-order valence-electron chi connectivity index (χ1n) is 10.5. The van der Waals surface area contributed by atoms with Crippen molar-refractivity contribution >= 4 is 22.8 Å². The molecule has 2 N–H and O–H groups in total. The van der Waals surface area contributed by atoms with Crippen molar-refractivity contribution < 1.29 is 14.3 Å². The largest absolute Gasteiger partial charge is 0.493 e.